The van der Waals surface area contributed by atoms with E-state index in [0.29, 0.717) is 35.4 Å². The van der Waals surface area contributed by atoms with Gasteiger partial charge < -0.3 is 14.1 Å². The van der Waals surface area contributed by atoms with E-state index in [-0.39, 0.29) is 5.43 Å². The lowest BCUT2D eigenvalue weighted by atomic mass is 10.1. The second-order valence-electron chi connectivity index (χ2n) is 6.59. The van der Waals surface area contributed by atoms with Crippen LogP contribution in [0, 0.1) is 0 Å². The molecule has 0 aliphatic rings. The fourth-order valence-electron chi connectivity index (χ4n) is 3.10. The molecule has 1 aromatic heterocycles. The van der Waals surface area contributed by atoms with Crippen LogP contribution < -0.4 is 5.43 Å². The molecule has 0 amide bonds. The van der Waals surface area contributed by atoms with Gasteiger partial charge in [-0.15, -0.1) is 0 Å². The highest BCUT2D eigenvalue weighted by atomic mass is 16.5. The number of hydrogen-bond acceptors (Lipinski definition) is 5. The highest BCUT2D eigenvalue weighted by Gasteiger charge is 2.09. The molecule has 1 heterocycles. The van der Waals surface area contributed by atoms with Crippen molar-refractivity contribution in [1.29, 1.82) is 0 Å². The first-order valence-electron chi connectivity index (χ1n) is 9.81. The van der Waals surface area contributed by atoms with Crippen LogP contribution in [-0.4, -0.2) is 37.1 Å². The molecule has 0 atom stereocenters. The molecule has 150 valence electrons. The van der Waals surface area contributed by atoms with Crippen LogP contribution in [0.5, 0.6) is 0 Å². The zero-order valence-electron chi connectivity index (χ0n) is 16.8. The molecule has 0 aliphatic carbocycles. The van der Waals surface area contributed by atoms with Crippen molar-refractivity contribution < 1.29 is 13.9 Å². The summed E-state index contributed by atoms with van der Waals surface area (Å²) in [6.07, 6.45) is 2.99. The zero-order chi connectivity index (χ0) is 20.6. The standard InChI is InChI=1S/C24H25NO4/c1-3-25(4-2)15-16-28-23(27)14-13-19-11-8-12-20-21(26)17-22(29-24(19)20)18-9-6-5-7-10-18/h5-14,17H,3-4,15-16H2,1-2H3/b14-13+. The molecule has 5 nitrogen and oxygen atoms in total. The number of carbonyl (C=O) groups excluding carboxylic acids is 1. The number of para-hydroxylation sites is 1. The lowest BCUT2D eigenvalue weighted by Gasteiger charge is -2.17. The van der Waals surface area contributed by atoms with E-state index in [1.54, 1.807) is 24.3 Å². The topological polar surface area (TPSA) is 59.8 Å². The first-order chi connectivity index (χ1) is 14.1. The normalized spacial score (nSPS) is 11.4. The Morgan fingerprint density at radius 1 is 1.07 bits per heavy atom. The molecule has 29 heavy (non-hydrogen) atoms. The molecule has 0 saturated heterocycles. The molecule has 0 N–H and O–H groups in total. The van der Waals surface area contributed by atoms with Crippen LogP contribution in [0.2, 0.25) is 0 Å². The van der Waals surface area contributed by atoms with Crippen molar-refractivity contribution >= 4 is 23.0 Å². The van der Waals surface area contributed by atoms with Crippen molar-refractivity contribution in [2.75, 3.05) is 26.2 Å². The maximum Gasteiger partial charge on any atom is 0.330 e. The average Bonchev–Trinajstić information content (AvgIpc) is 2.76. The fourth-order valence-corrected chi connectivity index (χ4v) is 3.10. The average molecular weight is 391 g/mol. The molecule has 3 aromatic rings. The molecule has 0 aliphatic heterocycles. The van der Waals surface area contributed by atoms with Gasteiger partial charge in [-0.25, -0.2) is 4.79 Å². The van der Waals surface area contributed by atoms with Crippen molar-refractivity contribution in [3.63, 3.8) is 0 Å². The maximum atomic E-state index is 12.5. The first kappa shape index (κ1) is 20.6. The molecule has 0 radical (unpaired) electrons. The number of rotatable bonds is 8. The van der Waals surface area contributed by atoms with Gasteiger partial charge in [-0.1, -0.05) is 56.3 Å². The van der Waals surface area contributed by atoms with Gasteiger partial charge in [0.1, 0.15) is 18.0 Å². The molecule has 0 bridgehead atoms. The van der Waals surface area contributed by atoms with Gasteiger partial charge in [-0.3, -0.25) is 4.79 Å². The van der Waals surface area contributed by atoms with E-state index in [2.05, 4.69) is 18.7 Å². The maximum absolute atomic E-state index is 12.5. The molecule has 0 saturated carbocycles. The molecule has 0 spiro atoms. The van der Waals surface area contributed by atoms with E-state index in [1.165, 1.54) is 12.1 Å². The summed E-state index contributed by atoms with van der Waals surface area (Å²) in [4.78, 5) is 26.8. The summed E-state index contributed by atoms with van der Waals surface area (Å²) < 4.78 is 11.3. The van der Waals surface area contributed by atoms with Gasteiger partial charge in [-0.05, 0) is 25.2 Å². The molecule has 3 rings (SSSR count). The van der Waals surface area contributed by atoms with E-state index in [0.717, 1.165) is 18.7 Å². The summed E-state index contributed by atoms with van der Waals surface area (Å²) in [5.74, 6) is 0.0708. The van der Waals surface area contributed by atoms with Crippen LogP contribution in [0.4, 0.5) is 0 Å². The smallest absolute Gasteiger partial charge is 0.330 e. The third-order valence-electron chi connectivity index (χ3n) is 4.79. The molecule has 5 heteroatoms. The number of benzene rings is 2. The number of ether oxygens (including phenoxy) is 1. The Bertz CT molecular complexity index is 1050. The van der Waals surface area contributed by atoms with Gasteiger partial charge in [0, 0.05) is 29.8 Å². The molecule has 0 unspecified atom stereocenters. The predicted octanol–water partition coefficient (Wildman–Crippen LogP) is 4.36. The highest BCUT2D eigenvalue weighted by molar-refractivity contribution is 5.92. The second kappa shape index (κ2) is 9.85. The SMILES string of the molecule is CCN(CC)CCOC(=O)/C=C/c1cccc2c(=O)cc(-c3ccccc3)oc12. The summed E-state index contributed by atoms with van der Waals surface area (Å²) in [6.45, 7) is 7.03. The highest BCUT2D eigenvalue weighted by Crippen LogP contribution is 2.24. The minimum Gasteiger partial charge on any atom is -0.461 e. The van der Waals surface area contributed by atoms with Crippen LogP contribution in [-0.2, 0) is 9.53 Å². The molecule has 2 aromatic carbocycles. The Kier molecular flexibility index (Phi) is 6.98. The van der Waals surface area contributed by atoms with Gasteiger partial charge in [0.05, 0.1) is 5.39 Å². The monoisotopic (exact) mass is 391 g/mol. The number of fused-ring (bicyclic) bond motifs is 1. The van der Waals surface area contributed by atoms with Gasteiger partial charge in [0.2, 0.25) is 0 Å². The van der Waals surface area contributed by atoms with Crippen molar-refractivity contribution in [3.8, 4) is 11.3 Å². The minimum atomic E-state index is -0.421. The summed E-state index contributed by atoms with van der Waals surface area (Å²) in [7, 11) is 0. The first-order valence-corrected chi connectivity index (χ1v) is 9.81. The van der Waals surface area contributed by atoms with Crippen LogP contribution >= 0.6 is 0 Å². The van der Waals surface area contributed by atoms with Gasteiger partial charge in [-0.2, -0.15) is 0 Å². The Labute approximate surface area is 170 Å². The minimum absolute atomic E-state index is 0.123. The number of hydrogen-bond donors (Lipinski definition) is 0. The van der Waals surface area contributed by atoms with E-state index < -0.39 is 5.97 Å². The van der Waals surface area contributed by atoms with Crippen molar-refractivity contribution in [2.45, 2.75) is 13.8 Å². The largest absolute Gasteiger partial charge is 0.461 e. The quantitative estimate of drug-likeness (QED) is 0.422. The van der Waals surface area contributed by atoms with Gasteiger partial charge >= 0.3 is 5.97 Å². The van der Waals surface area contributed by atoms with E-state index in [1.807, 2.05) is 30.3 Å². The number of likely N-dealkylation sites (N-methyl/N-ethyl adjacent to an activating group) is 1. The third kappa shape index (κ3) is 5.21. The summed E-state index contributed by atoms with van der Waals surface area (Å²) >= 11 is 0. The third-order valence-corrected chi connectivity index (χ3v) is 4.79. The molecular formula is C24H25NO4. The Hall–Kier alpha value is -3.18. The zero-order valence-corrected chi connectivity index (χ0v) is 16.8. The van der Waals surface area contributed by atoms with Crippen LogP contribution in [0.25, 0.3) is 28.4 Å². The summed E-state index contributed by atoms with van der Waals surface area (Å²) in [6, 6.07) is 16.2. The lowest BCUT2D eigenvalue weighted by Crippen LogP contribution is -2.27. The Morgan fingerprint density at radius 3 is 2.55 bits per heavy atom. The second-order valence-corrected chi connectivity index (χ2v) is 6.59. The van der Waals surface area contributed by atoms with E-state index >= 15 is 0 Å². The number of carbonyl (C=O) groups is 1. The van der Waals surface area contributed by atoms with E-state index in [9.17, 15) is 9.59 Å². The Morgan fingerprint density at radius 2 is 1.83 bits per heavy atom. The summed E-state index contributed by atoms with van der Waals surface area (Å²) in [5, 5.41) is 0.474. The predicted molar refractivity (Wildman–Crippen MR) is 116 cm³/mol. The Balaban J connectivity index is 1.82. The van der Waals surface area contributed by atoms with E-state index in [4.69, 9.17) is 9.15 Å². The van der Waals surface area contributed by atoms with Crippen molar-refractivity contribution in [2.24, 2.45) is 0 Å². The van der Waals surface area contributed by atoms with Gasteiger partial charge in [0.15, 0.2) is 5.43 Å². The fraction of sp³-hybridized carbons (Fsp3) is 0.250. The summed E-state index contributed by atoms with van der Waals surface area (Å²) in [5.41, 5.74) is 1.80. The van der Waals surface area contributed by atoms with Crippen LogP contribution in [0.3, 0.4) is 0 Å². The van der Waals surface area contributed by atoms with Crippen LogP contribution in [0.1, 0.15) is 19.4 Å². The number of esters is 1. The lowest BCUT2D eigenvalue weighted by molar-refractivity contribution is -0.138. The van der Waals surface area contributed by atoms with Crippen molar-refractivity contribution in [3.05, 3.63) is 76.5 Å². The number of nitrogens with zero attached hydrogens (tertiary/aromatic N) is 1. The van der Waals surface area contributed by atoms with Crippen LogP contribution in [0.15, 0.2) is 69.9 Å². The van der Waals surface area contributed by atoms with Gasteiger partial charge in [0.25, 0.3) is 0 Å². The molecular weight excluding hydrogens is 366 g/mol. The molecule has 0 fully saturated rings. The van der Waals surface area contributed by atoms with Crippen molar-refractivity contribution in [1.82, 2.24) is 4.90 Å².